The van der Waals surface area contributed by atoms with Gasteiger partial charge in [0.25, 0.3) is 0 Å². The van der Waals surface area contributed by atoms with E-state index in [2.05, 4.69) is 21.5 Å². The van der Waals surface area contributed by atoms with Crippen LogP contribution in [0.25, 0.3) is 11.3 Å². The van der Waals surface area contributed by atoms with Crippen molar-refractivity contribution in [3.05, 3.63) is 36.3 Å². The van der Waals surface area contributed by atoms with Crippen molar-refractivity contribution in [3.63, 3.8) is 0 Å². The van der Waals surface area contributed by atoms with Gasteiger partial charge in [-0.05, 0) is 30.0 Å². The van der Waals surface area contributed by atoms with Gasteiger partial charge in [0.2, 0.25) is 5.91 Å². The molecule has 0 atom stereocenters. The number of aryl methyl sites for hydroxylation is 1. The maximum Gasteiger partial charge on any atom is 0.220 e. The van der Waals surface area contributed by atoms with Gasteiger partial charge in [0, 0.05) is 44.2 Å². The second kappa shape index (κ2) is 8.08. The van der Waals surface area contributed by atoms with Gasteiger partial charge in [-0.1, -0.05) is 32.1 Å². The van der Waals surface area contributed by atoms with Crippen molar-refractivity contribution in [2.24, 2.45) is 13.0 Å². The fourth-order valence-electron chi connectivity index (χ4n) is 3.48. The lowest BCUT2D eigenvalue weighted by Crippen LogP contribution is -2.23. The number of carbonyl (C=O) groups excluding carboxylic acids is 1. The van der Waals surface area contributed by atoms with Crippen molar-refractivity contribution in [2.75, 3.05) is 0 Å². The summed E-state index contributed by atoms with van der Waals surface area (Å²) in [5.41, 5.74) is 3.05. The van der Waals surface area contributed by atoms with Gasteiger partial charge < -0.3 is 5.32 Å². The van der Waals surface area contributed by atoms with E-state index in [-0.39, 0.29) is 5.91 Å². The van der Waals surface area contributed by atoms with Crippen LogP contribution < -0.4 is 5.32 Å². The Morgan fingerprint density at radius 2 is 2.12 bits per heavy atom. The van der Waals surface area contributed by atoms with Crippen LogP contribution in [0.5, 0.6) is 0 Å². The monoisotopic (exact) mass is 326 g/mol. The van der Waals surface area contributed by atoms with Crippen LogP contribution in [0.1, 0.15) is 50.5 Å². The van der Waals surface area contributed by atoms with E-state index >= 15 is 0 Å². The quantitative estimate of drug-likeness (QED) is 0.884. The fourth-order valence-corrected chi connectivity index (χ4v) is 3.48. The zero-order chi connectivity index (χ0) is 16.8. The molecule has 1 aliphatic rings. The molecule has 0 spiro atoms. The normalized spacial score (nSPS) is 15.4. The number of rotatable bonds is 6. The number of carbonyl (C=O) groups is 1. The van der Waals surface area contributed by atoms with Crippen molar-refractivity contribution in [1.29, 1.82) is 0 Å². The lowest BCUT2D eigenvalue weighted by atomic mass is 9.86. The second-order valence-corrected chi connectivity index (χ2v) is 6.74. The maximum absolute atomic E-state index is 12.1. The first-order valence-corrected chi connectivity index (χ1v) is 8.91. The fraction of sp³-hybridized carbons (Fsp3) is 0.526. The number of nitrogens with one attached hydrogen (secondary N) is 1. The highest BCUT2D eigenvalue weighted by Gasteiger charge is 2.14. The molecule has 0 saturated heterocycles. The van der Waals surface area contributed by atoms with Crippen LogP contribution in [-0.4, -0.2) is 20.7 Å². The molecule has 24 heavy (non-hydrogen) atoms. The molecule has 3 rings (SSSR count). The van der Waals surface area contributed by atoms with Gasteiger partial charge in [-0.25, -0.2) is 0 Å². The molecule has 2 heterocycles. The van der Waals surface area contributed by atoms with Crippen LogP contribution in [0.2, 0.25) is 0 Å². The molecule has 0 bridgehead atoms. The van der Waals surface area contributed by atoms with Gasteiger partial charge in [0.1, 0.15) is 0 Å². The molecule has 1 N–H and O–H groups in total. The van der Waals surface area contributed by atoms with Gasteiger partial charge in [-0.15, -0.1) is 0 Å². The summed E-state index contributed by atoms with van der Waals surface area (Å²) >= 11 is 0. The van der Waals surface area contributed by atoms with Crippen molar-refractivity contribution in [1.82, 2.24) is 20.1 Å². The molecule has 2 aromatic rings. The first-order valence-electron chi connectivity index (χ1n) is 8.91. The Morgan fingerprint density at radius 3 is 2.88 bits per heavy atom. The molecular formula is C19H26N4O. The van der Waals surface area contributed by atoms with Gasteiger partial charge in [-0.2, -0.15) is 5.10 Å². The Labute approximate surface area is 143 Å². The third kappa shape index (κ3) is 4.43. The third-order valence-electron chi connectivity index (χ3n) is 4.91. The Bertz CT molecular complexity index is 674. The number of nitrogens with zero attached hydrogens (tertiary/aromatic N) is 3. The van der Waals surface area contributed by atoms with E-state index < -0.39 is 0 Å². The van der Waals surface area contributed by atoms with E-state index in [0.29, 0.717) is 13.0 Å². The van der Waals surface area contributed by atoms with Crippen molar-refractivity contribution < 1.29 is 4.79 Å². The number of aromatic nitrogens is 3. The van der Waals surface area contributed by atoms with Crippen LogP contribution in [0.15, 0.2) is 30.7 Å². The minimum absolute atomic E-state index is 0.145. The number of amides is 1. The van der Waals surface area contributed by atoms with Gasteiger partial charge in [0.05, 0.1) is 5.69 Å². The lowest BCUT2D eigenvalue weighted by Gasteiger charge is -2.21. The molecule has 0 aliphatic heterocycles. The molecule has 1 fully saturated rings. The van der Waals surface area contributed by atoms with E-state index in [9.17, 15) is 4.79 Å². The Hall–Kier alpha value is -2.17. The van der Waals surface area contributed by atoms with Crippen LogP contribution in [-0.2, 0) is 18.4 Å². The Morgan fingerprint density at radius 1 is 1.29 bits per heavy atom. The summed E-state index contributed by atoms with van der Waals surface area (Å²) in [5, 5.41) is 7.21. The van der Waals surface area contributed by atoms with E-state index in [1.807, 2.05) is 24.0 Å². The summed E-state index contributed by atoms with van der Waals surface area (Å²) in [7, 11) is 1.91. The highest BCUT2D eigenvalue weighted by molar-refractivity contribution is 5.75. The van der Waals surface area contributed by atoms with Crippen LogP contribution in [0.3, 0.4) is 0 Å². The molecule has 1 amide bonds. The maximum atomic E-state index is 12.1. The third-order valence-corrected chi connectivity index (χ3v) is 4.91. The lowest BCUT2D eigenvalue weighted by molar-refractivity contribution is -0.121. The standard InChI is InChI=1S/C19H26N4O/c1-23-18(9-10-22-23)17-11-16(12-20-14-17)13-21-19(24)8-7-15-5-3-2-4-6-15/h9-12,14-15H,2-8,13H2,1H3,(H,21,24). The molecule has 5 heteroatoms. The topological polar surface area (TPSA) is 59.8 Å². The summed E-state index contributed by atoms with van der Waals surface area (Å²) < 4.78 is 1.82. The van der Waals surface area contributed by atoms with Gasteiger partial charge in [-0.3, -0.25) is 14.5 Å². The molecule has 0 aromatic carbocycles. The summed E-state index contributed by atoms with van der Waals surface area (Å²) in [6, 6.07) is 4.02. The summed E-state index contributed by atoms with van der Waals surface area (Å²) in [6.07, 6.45) is 13.7. The van der Waals surface area contributed by atoms with E-state index in [1.54, 1.807) is 12.4 Å². The van der Waals surface area contributed by atoms with Crippen molar-refractivity contribution in [3.8, 4) is 11.3 Å². The second-order valence-electron chi connectivity index (χ2n) is 6.74. The minimum Gasteiger partial charge on any atom is -0.352 e. The average molecular weight is 326 g/mol. The molecule has 1 saturated carbocycles. The number of pyridine rings is 1. The molecule has 5 nitrogen and oxygen atoms in total. The smallest absolute Gasteiger partial charge is 0.220 e. The minimum atomic E-state index is 0.145. The largest absolute Gasteiger partial charge is 0.352 e. The molecule has 2 aromatic heterocycles. The predicted octanol–water partition coefficient (Wildman–Crippen LogP) is 3.46. The molecular weight excluding hydrogens is 300 g/mol. The van der Waals surface area contributed by atoms with Crippen LogP contribution >= 0.6 is 0 Å². The number of hydrogen-bond donors (Lipinski definition) is 1. The van der Waals surface area contributed by atoms with E-state index in [4.69, 9.17) is 0 Å². The summed E-state index contributed by atoms with van der Waals surface area (Å²) in [6.45, 7) is 0.530. The van der Waals surface area contributed by atoms with Crippen molar-refractivity contribution >= 4 is 5.91 Å². The number of hydrogen-bond acceptors (Lipinski definition) is 3. The highest BCUT2D eigenvalue weighted by atomic mass is 16.1. The van der Waals surface area contributed by atoms with E-state index in [0.717, 1.165) is 29.2 Å². The molecule has 0 unspecified atom stereocenters. The molecule has 128 valence electrons. The van der Waals surface area contributed by atoms with Gasteiger partial charge >= 0.3 is 0 Å². The van der Waals surface area contributed by atoms with Gasteiger partial charge in [0.15, 0.2) is 0 Å². The van der Waals surface area contributed by atoms with Crippen LogP contribution in [0.4, 0.5) is 0 Å². The van der Waals surface area contributed by atoms with E-state index in [1.165, 1.54) is 32.1 Å². The predicted molar refractivity (Wildman–Crippen MR) is 94.1 cm³/mol. The first kappa shape index (κ1) is 16.7. The SMILES string of the molecule is Cn1nccc1-c1cncc(CNC(=O)CCC2CCCCC2)c1. The zero-order valence-electron chi connectivity index (χ0n) is 14.4. The Kier molecular flexibility index (Phi) is 5.62. The Balaban J connectivity index is 1.49. The first-order chi connectivity index (χ1) is 11.7. The molecule has 0 radical (unpaired) electrons. The molecule has 1 aliphatic carbocycles. The highest BCUT2D eigenvalue weighted by Crippen LogP contribution is 2.27. The summed E-state index contributed by atoms with van der Waals surface area (Å²) in [5.74, 6) is 0.894. The average Bonchev–Trinajstić information content (AvgIpc) is 3.05. The van der Waals surface area contributed by atoms with Crippen molar-refractivity contribution in [2.45, 2.75) is 51.5 Å². The zero-order valence-corrected chi connectivity index (χ0v) is 14.4. The summed E-state index contributed by atoms with van der Waals surface area (Å²) in [4.78, 5) is 16.4. The van der Waals surface area contributed by atoms with Crippen LogP contribution in [0, 0.1) is 5.92 Å².